The summed E-state index contributed by atoms with van der Waals surface area (Å²) in [5.74, 6) is -0.501. The van der Waals surface area contributed by atoms with Crippen molar-refractivity contribution in [3.63, 3.8) is 0 Å². The lowest BCUT2D eigenvalue weighted by atomic mass is 9.63. The van der Waals surface area contributed by atoms with Gasteiger partial charge in [-0.15, -0.1) is 0 Å². The normalized spacial score (nSPS) is 23.5. The first-order valence-corrected chi connectivity index (χ1v) is 12.9. The smallest absolute Gasteiger partial charge is 0.234 e. The fourth-order valence-corrected chi connectivity index (χ4v) is 6.06. The molecule has 2 aromatic rings. The van der Waals surface area contributed by atoms with Crippen molar-refractivity contribution in [3.05, 3.63) is 71.8 Å². The van der Waals surface area contributed by atoms with E-state index in [1.807, 2.05) is 65.6 Å². The Morgan fingerprint density at radius 2 is 1.31 bits per heavy atom. The number of hydrogen-bond donors (Lipinski definition) is 2. The highest BCUT2D eigenvalue weighted by Gasteiger charge is 2.47. The van der Waals surface area contributed by atoms with Gasteiger partial charge in [0.2, 0.25) is 5.91 Å². The number of benzene rings is 2. The van der Waals surface area contributed by atoms with Crippen molar-refractivity contribution < 1.29 is 19.5 Å². The molecule has 2 N–H and O–H groups in total. The highest BCUT2D eigenvalue weighted by Crippen LogP contribution is 2.43. The lowest BCUT2D eigenvalue weighted by Gasteiger charge is -2.46. The molecule has 6 heteroatoms. The molecule has 2 aromatic carbocycles. The van der Waals surface area contributed by atoms with Gasteiger partial charge < -0.3 is 10.4 Å². The van der Waals surface area contributed by atoms with Gasteiger partial charge in [0.1, 0.15) is 0 Å². The molecule has 2 atom stereocenters. The predicted octanol–water partition coefficient (Wildman–Crippen LogP) is 3.61. The number of carbonyl (C=O) groups is 3. The summed E-state index contributed by atoms with van der Waals surface area (Å²) >= 11 is 0. The number of aliphatic hydroxyl groups is 1. The Labute approximate surface area is 207 Å². The minimum Gasteiger partial charge on any atom is -0.395 e. The quantitative estimate of drug-likeness (QED) is 0.540. The first-order valence-electron chi connectivity index (χ1n) is 12.9. The number of amides is 1. The van der Waals surface area contributed by atoms with Crippen LogP contribution in [0, 0.1) is 23.7 Å². The molecule has 186 valence electrons. The third-order valence-corrected chi connectivity index (χ3v) is 7.62. The SMILES string of the molecule is O=C(CN1CC(C(=O)c2ccccc2)C(C2CCCCC2)C(C(=O)c2ccccc2)C1)NCCO. The summed E-state index contributed by atoms with van der Waals surface area (Å²) in [5.41, 5.74) is 1.33. The summed E-state index contributed by atoms with van der Waals surface area (Å²) in [6.45, 7) is 1.09. The summed E-state index contributed by atoms with van der Waals surface area (Å²) in [6.07, 6.45) is 5.55. The average molecular weight is 477 g/mol. The number of aliphatic hydroxyl groups excluding tert-OH is 1. The molecule has 1 amide bonds. The Morgan fingerprint density at radius 3 is 1.80 bits per heavy atom. The minimum atomic E-state index is -0.349. The Bertz CT molecular complexity index is 927. The van der Waals surface area contributed by atoms with E-state index in [-0.39, 0.29) is 54.9 Å². The molecule has 2 aliphatic rings. The first kappa shape index (κ1) is 25.3. The van der Waals surface area contributed by atoms with Crippen LogP contribution < -0.4 is 5.32 Å². The molecular formula is C29H36N2O4. The molecule has 1 saturated heterocycles. The molecule has 1 aliphatic heterocycles. The molecule has 0 radical (unpaired) electrons. The molecule has 1 saturated carbocycles. The van der Waals surface area contributed by atoms with Crippen molar-refractivity contribution in [2.24, 2.45) is 23.7 Å². The van der Waals surface area contributed by atoms with Crippen molar-refractivity contribution in [1.82, 2.24) is 10.2 Å². The first-order chi connectivity index (χ1) is 17.1. The van der Waals surface area contributed by atoms with Crippen LogP contribution in [0.4, 0.5) is 0 Å². The molecule has 6 nitrogen and oxygen atoms in total. The molecule has 1 aliphatic carbocycles. The van der Waals surface area contributed by atoms with Crippen molar-refractivity contribution in [3.8, 4) is 0 Å². The lowest BCUT2D eigenvalue weighted by Crippen LogP contribution is -2.55. The van der Waals surface area contributed by atoms with E-state index in [0.29, 0.717) is 30.1 Å². The van der Waals surface area contributed by atoms with Crippen molar-refractivity contribution in [1.29, 1.82) is 0 Å². The topological polar surface area (TPSA) is 86.7 Å². The van der Waals surface area contributed by atoms with Gasteiger partial charge >= 0.3 is 0 Å². The lowest BCUT2D eigenvalue weighted by molar-refractivity contribution is -0.123. The zero-order valence-electron chi connectivity index (χ0n) is 20.3. The number of carbonyl (C=O) groups excluding carboxylic acids is 3. The van der Waals surface area contributed by atoms with Crippen LogP contribution in [0.1, 0.15) is 52.8 Å². The number of piperidine rings is 1. The average Bonchev–Trinajstić information content (AvgIpc) is 2.92. The molecule has 0 bridgehead atoms. The molecule has 0 spiro atoms. The summed E-state index contributed by atoms with van der Waals surface area (Å²) in [5, 5.41) is 11.8. The van der Waals surface area contributed by atoms with Gasteiger partial charge in [0.25, 0.3) is 0 Å². The second-order valence-corrected chi connectivity index (χ2v) is 9.92. The Kier molecular flexibility index (Phi) is 8.83. The maximum atomic E-state index is 13.9. The minimum absolute atomic E-state index is 0.0486. The maximum Gasteiger partial charge on any atom is 0.234 e. The Hall–Kier alpha value is -2.83. The van der Waals surface area contributed by atoms with Crippen LogP contribution in [0.3, 0.4) is 0 Å². The van der Waals surface area contributed by atoms with Crippen LogP contribution in [0.5, 0.6) is 0 Å². The van der Waals surface area contributed by atoms with E-state index >= 15 is 0 Å². The zero-order chi connectivity index (χ0) is 24.6. The van der Waals surface area contributed by atoms with E-state index in [1.54, 1.807) is 0 Å². The van der Waals surface area contributed by atoms with Gasteiger partial charge in [-0.3, -0.25) is 19.3 Å². The number of likely N-dealkylation sites (tertiary alicyclic amines) is 1. The summed E-state index contributed by atoms with van der Waals surface area (Å²) in [6, 6.07) is 18.7. The molecular weight excluding hydrogens is 440 g/mol. The summed E-state index contributed by atoms with van der Waals surface area (Å²) in [4.78, 5) is 42.3. The second kappa shape index (κ2) is 12.2. The van der Waals surface area contributed by atoms with E-state index in [4.69, 9.17) is 5.11 Å². The van der Waals surface area contributed by atoms with Crippen LogP contribution in [0.15, 0.2) is 60.7 Å². The van der Waals surface area contributed by atoms with Crippen molar-refractivity contribution in [2.75, 3.05) is 32.8 Å². The molecule has 0 aromatic heterocycles. The van der Waals surface area contributed by atoms with Gasteiger partial charge in [-0.05, 0) is 11.8 Å². The van der Waals surface area contributed by atoms with Crippen molar-refractivity contribution >= 4 is 17.5 Å². The maximum absolute atomic E-state index is 13.9. The van der Waals surface area contributed by atoms with E-state index in [0.717, 1.165) is 25.7 Å². The van der Waals surface area contributed by atoms with E-state index in [1.165, 1.54) is 6.42 Å². The number of Topliss-reactive ketones (excluding diaryl/α,β-unsaturated/α-hetero) is 2. The van der Waals surface area contributed by atoms with E-state index in [2.05, 4.69) is 5.32 Å². The molecule has 2 fully saturated rings. The number of ketones is 2. The van der Waals surface area contributed by atoms with Crippen LogP contribution in [-0.2, 0) is 4.79 Å². The number of nitrogens with zero attached hydrogens (tertiary/aromatic N) is 1. The van der Waals surface area contributed by atoms with Crippen LogP contribution in [0.25, 0.3) is 0 Å². The summed E-state index contributed by atoms with van der Waals surface area (Å²) in [7, 11) is 0. The number of hydrogen-bond acceptors (Lipinski definition) is 5. The molecule has 35 heavy (non-hydrogen) atoms. The summed E-state index contributed by atoms with van der Waals surface area (Å²) < 4.78 is 0. The van der Waals surface area contributed by atoms with Crippen LogP contribution >= 0.6 is 0 Å². The number of nitrogens with one attached hydrogen (secondary N) is 1. The van der Waals surface area contributed by atoms with Gasteiger partial charge in [0.05, 0.1) is 13.2 Å². The highest BCUT2D eigenvalue weighted by molar-refractivity contribution is 6.01. The van der Waals surface area contributed by atoms with E-state index in [9.17, 15) is 14.4 Å². The Morgan fingerprint density at radius 1 is 0.800 bits per heavy atom. The van der Waals surface area contributed by atoms with Gasteiger partial charge in [-0.25, -0.2) is 0 Å². The standard InChI is InChI=1S/C29H36N2O4/c32-17-16-30-26(33)20-31-18-24(28(34)22-12-6-2-7-13-22)27(21-10-4-1-5-11-21)25(19-31)29(35)23-14-8-3-9-15-23/h2-3,6-9,12-15,21,24-25,27,32H,1,4-5,10-11,16-20H2,(H,30,33). The van der Waals surface area contributed by atoms with Crippen molar-refractivity contribution in [2.45, 2.75) is 32.1 Å². The van der Waals surface area contributed by atoms with Gasteiger partial charge in [0, 0.05) is 42.6 Å². The zero-order valence-corrected chi connectivity index (χ0v) is 20.3. The molecule has 2 unspecified atom stereocenters. The fraction of sp³-hybridized carbons (Fsp3) is 0.483. The van der Waals surface area contributed by atoms with Crippen LogP contribution in [-0.4, -0.2) is 60.3 Å². The number of rotatable bonds is 9. The van der Waals surface area contributed by atoms with Gasteiger partial charge in [0.15, 0.2) is 11.6 Å². The van der Waals surface area contributed by atoms with Gasteiger partial charge in [-0.2, -0.15) is 0 Å². The van der Waals surface area contributed by atoms with Gasteiger partial charge in [-0.1, -0.05) is 92.8 Å². The van der Waals surface area contributed by atoms with E-state index < -0.39 is 0 Å². The third-order valence-electron chi connectivity index (χ3n) is 7.62. The molecule has 4 rings (SSSR count). The highest BCUT2D eigenvalue weighted by atomic mass is 16.3. The fourth-order valence-electron chi connectivity index (χ4n) is 6.06. The third kappa shape index (κ3) is 6.24. The predicted molar refractivity (Wildman–Crippen MR) is 135 cm³/mol. The largest absolute Gasteiger partial charge is 0.395 e. The Balaban J connectivity index is 1.69. The monoisotopic (exact) mass is 476 g/mol. The van der Waals surface area contributed by atoms with Crippen LogP contribution in [0.2, 0.25) is 0 Å². The molecule has 1 heterocycles. The second-order valence-electron chi connectivity index (χ2n) is 9.92.